The molecule has 1 nitrogen and oxygen atoms in total. The van der Waals surface area contributed by atoms with E-state index in [9.17, 15) is 4.79 Å². The van der Waals surface area contributed by atoms with Gasteiger partial charge >= 0.3 is 0 Å². The summed E-state index contributed by atoms with van der Waals surface area (Å²) in [6.45, 7) is 10.3. The van der Waals surface area contributed by atoms with Crippen LogP contribution in [0.5, 0.6) is 0 Å². The summed E-state index contributed by atoms with van der Waals surface area (Å²) >= 11 is 0. The molecule has 2 rings (SSSR count). The normalized spacial score (nSPS) is 9.96. The van der Waals surface area contributed by atoms with Crippen molar-refractivity contribution in [1.29, 1.82) is 0 Å². The summed E-state index contributed by atoms with van der Waals surface area (Å²) in [7, 11) is 0. The van der Waals surface area contributed by atoms with Crippen molar-refractivity contribution in [2.75, 3.05) is 0 Å². The molecule has 0 saturated carbocycles. The zero-order chi connectivity index (χ0) is 17.2. The average molecular weight is 310 g/mol. The second kappa shape index (κ2) is 9.99. The molecule has 0 amide bonds. The minimum absolute atomic E-state index is 0.198. The first kappa shape index (κ1) is 19.2. The summed E-state index contributed by atoms with van der Waals surface area (Å²) in [6.07, 6.45) is 3.99. The van der Waals surface area contributed by atoms with Crippen molar-refractivity contribution in [1.82, 2.24) is 0 Å². The fraction of sp³-hybridized carbons (Fsp3) is 0.409. The largest absolute Gasteiger partial charge is 0.294 e. The van der Waals surface area contributed by atoms with Crippen molar-refractivity contribution >= 4 is 5.78 Å². The predicted molar refractivity (Wildman–Crippen MR) is 100 cm³/mol. The van der Waals surface area contributed by atoms with E-state index in [1.165, 1.54) is 29.5 Å². The molecule has 0 atom stereocenters. The van der Waals surface area contributed by atoms with E-state index in [4.69, 9.17) is 0 Å². The zero-order valence-corrected chi connectivity index (χ0v) is 15.3. The summed E-state index contributed by atoms with van der Waals surface area (Å²) in [5.41, 5.74) is 5.70. The highest BCUT2D eigenvalue weighted by Gasteiger charge is 2.09. The first-order chi connectivity index (χ1) is 11.1. The second-order valence-corrected chi connectivity index (χ2v) is 5.83. The molecule has 2 aromatic rings. The van der Waals surface area contributed by atoms with Gasteiger partial charge in [0.1, 0.15) is 0 Å². The zero-order valence-electron chi connectivity index (χ0n) is 15.3. The summed E-state index contributed by atoms with van der Waals surface area (Å²) in [4.78, 5) is 12.4. The number of carbonyl (C=O) groups excluding carboxylic acids is 1. The van der Waals surface area contributed by atoms with Gasteiger partial charge in [-0.2, -0.15) is 0 Å². The molecule has 0 unspecified atom stereocenters. The summed E-state index contributed by atoms with van der Waals surface area (Å²) in [6, 6.07) is 14.4. The van der Waals surface area contributed by atoms with Crippen LogP contribution in [0.1, 0.15) is 66.2 Å². The van der Waals surface area contributed by atoms with Crippen LogP contribution in [0.2, 0.25) is 0 Å². The summed E-state index contributed by atoms with van der Waals surface area (Å²) in [5.74, 6) is 0.198. The van der Waals surface area contributed by atoms with Crippen molar-refractivity contribution in [2.45, 2.75) is 60.3 Å². The van der Waals surface area contributed by atoms with Gasteiger partial charge in [0, 0.05) is 12.0 Å². The lowest BCUT2D eigenvalue weighted by atomic mass is 9.97. The van der Waals surface area contributed by atoms with Gasteiger partial charge < -0.3 is 0 Å². The van der Waals surface area contributed by atoms with Crippen molar-refractivity contribution in [3.8, 4) is 0 Å². The quantitative estimate of drug-likeness (QED) is 0.589. The lowest BCUT2D eigenvalue weighted by molar-refractivity contribution is 0.0992. The summed E-state index contributed by atoms with van der Waals surface area (Å²) in [5, 5.41) is 0. The Hall–Kier alpha value is -1.89. The molecule has 0 aliphatic carbocycles. The Kier molecular flexibility index (Phi) is 8.32. The first-order valence-electron chi connectivity index (χ1n) is 8.78. The third-order valence-corrected chi connectivity index (χ3v) is 3.94. The highest BCUT2D eigenvalue weighted by atomic mass is 16.1. The van der Waals surface area contributed by atoms with Crippen molar-refractivity contribution in [2.24, 2.45) is 0 Å². The van der Waals surface area contributed by atoms with Gasteiger partial charge in [0.2, 0.25) is 0 Å². The fourth-order valence-corrected chi connectivity index (χ4v) is 2.56. The monoisotopic (exact) mass is 310 g/mol. The minimum atomic E-state index is 0.198. The molecule has 0 heterocycles. The molecule has 0 aliphatic heterocycles. The third-order valence-electron chi connectivity index (χ3n) is 3.94. The van der Waals surface area contributed by atoms with Crippen LogP contribution >= 0.6 is 0 Å². The van der Waals surface area contributed by atoms with Crippen LogP contribution in [0.15, 0.2) is 42.5 Å². The number of hydrogen-bond donors (Lipinski definition) is 0. The van der Waals surface area contributed by atoms with Gasteiger partial charge in [-0.1, -0.05) is 75.2 Å². The van der Waals surface area contributed by atoms with Gasteiger partial charge in [0.25, 0.3) is 0 Å². The van der Waals surface area contributed by atoms with Crippen LogP contribution in [0.25, 0.3) is 0 Å². The molecule has 1 heteroatoms. The molecule has 0 spiro atoms. The molecular weight excluding hydrogens is 280 g/mol. The Morgan fingerprint density at radius 2 is 1.61 bits per heavy atom. The van der Waals surface area contributed by atoms with E-state index in [-0.39, 0.29) is 5.78 Å². The van der Waals surface area contributed by atoms with Gasteiger partial charge in [0.05, 0.1) is 0 Å². The molecule has 0 aliphatic rings. The van der Waals surface area contributed by atoms with Crippen LogP contribution in [0.3, 0.4) is 0 Å². The maximum atomic E-state index is 12.4. The molecule has 0 aromatic heterocycles. The van der Waals surface area contributed by atoms with Crippen LogP contribution in [0.4, 0.5) is 0 Å². The molecule has 2 aromatic carbocycles. The fourth-order valence-electron chi connectivity index (χ4n) is 2.56. The molecule has 0 bridgehead atoms. The van der Waals surface area contributed by atoms with E-state index < -0.39 is 0 Å². The summed E-state index contributed by atoms with van der Waals surface area (Å²) < 4.78 is 0. The number of unbranched alkanes of at least 4 members (excludes halogenated alkanes) is 1. The number of benzene rings is 2. The molecule has 0 saturated heterocycles. The first-order valence-corrected chi connectivity index (χ1v) is 8.78. The minimum Gasteiger partial charge on any atom is -0.294 e. The number of hydrogen-bond acceptors (Lipinski definition) is 1. The highest BCUT2D eigenvalue weighted by Crippen LogP contribution is 2.15. The molecule has 0 N–H and O–H groups in total. The van der Waals surface area contributed by atoms with Crippen molar-refractivity contribution in [3.63, 3.8) is 0 Å². The number of aryl methyl sites for hydroxylation is 3. The molecule has 124 valence electrons. The molecular formula is C22H30O. The van der Waals surface area contributed by atoms with E-state index in [2.05, 4.69) is 51.1 Å². The van der Waals surface area contributed by atoms with Crippen LogP contribution in [-0.2, 0) is 12.8 Å². The Morgan fingerprint density at radius 1 is 0.957 bits per heavy atom. The van der Waals surface area contributed by atoms with Gasteiger partial charge in [-0.25, -0.2) is 0 Å². The van der Waals surface area contributed by atoms with Crippen molar-refractivity contribution < 1.29 is 4.79 Å². The van der Waals surface area contributed by atoms with Gasteiger partial charge in [-0.3, -0.25) is 4.79 Å². The molecule has 0 radical (unpaired) electrons. The molecule has 23 heavy (non-hydrogen) atoms. The van der Waals surface area contributed by atoms with Gasteiger partial charge in [0.15, 0.2) is 5.78 Å². The van der Waals surface area contributed by atoms with Crippen LogP contribution in [-0.4, -0.2) is 5.78 Å². The lowest BCUT2D eigenvalue weighted by Crippen LogP contribution is -2.05. The smallest absolute Gasteiger partial charge is 0.167 e. The third kappa shape index (κ3) is 6.02. The SMILES string of the molecule is CC.CCCCc1ccc(C(=O)Cc2ccc(C)cc2C)cc1. The Bertz CT molecular complexity index is 608. The van der Waals surface area contributed by atoms with Gasteiger partial charge in [-0.05, 0) is 43.4 Å². The Balaban J connectivity index is 0.00000127. The maximum Gasteiger partial charge on any atom is 0.167 e. The second-order valence-electron chi connectivity index (χ2n) is 5.83. The van der Waals surface area contributed by atoms with E-state index in [0.29, 0.717) is 6.42 Å². The standard InChI is InChI=1S/C20H24O.C2H6/c1-4-5-6-17-8-11-18(12-9-17)20(21)14-19-10-7-15(2)13-16(19)3;1-2/h7-13H,4-6,14H2,1-3H3;1-2H3. The average Bonchev–Trinajstić information content (AvgIpc) is 2.57. The van der Waals surface area contributed by atoms with Crippen LogP contribution < -0.4 is 0 Å². The maximum absolute atomic E-state index is 12.4. The molecule has 0 fully saturated rings. The number of Topliss-reactive ketones (excluding diaryl/α,β-unsaturated/α-hetero) is 1. The Labute approximate surface area is 141 Å². The van der Waals surface area contributed by atoms with Crippen LogP contribution in [0, 0.1) is 13.8 Å². The van der Waals surface area contributed by atoms with E-state index in [0.717, 1.165) is 17.5 Å². The van der Waals surface area contributed by atoms with E-state index in [1.807, 2.05) is 26.0 Å². The highest BCUT2D eigenvalue weighted by molar-refractivity contribution is 5.97. The lowest BCUT2D eigenvalue weighted by Gasteiger charge is -2.07. The number of ketones is 1. The number of rotatable bonds is 6. The number of carbonyl (C=O) groups is 1. The topological polar surface area (TPSA) is 17.1 Å². The Morgan fingerprint density at radius 3 is 2.17 bits per heavy atom. The van der Waals surface area contributed by atoms with E-state index in [1.54, 1.807) is 0 Å². The van der Waals surface area contributed by atoms with E-state index >= 15 is 0 Å². The van der Waals surface area contributed by atoms with Gasteiger partial charge in [-0.15, -0.1) is 0 Å². The predicted octanol–water partition coefficient (Wildman–Crippen LogP) is 6.10. The van der Waals surface area contributed by atoms with Crippen molar-refractivity contribution in [3.05, 3.63) is 70.3 Å².